The summed E-state index contributed by atoms with van der Waals surface area (Å²) in [6.07, 6.45) is 1.57. The summed E-state index contributed by atoms with van der Waals surface area (Å²) in [6.45, 7) is 2.51. The van der Waals surface area contributed by atoms with E-state index in [0.717, 1.165) is 26.0 Å². The van der Waals surface area contributed by atoms with Gasteiger partial charge in [-0.1, -0.05) is 30.3 Å². The topological polar surface area (TPSA) is 80.6 Å². The number of rotatable bonds is 6. The van der Waals surface area contributed by atoms with Crippen LogP contribution in [0.3, 0.4) is 0 Å². The molecule has 0 radical (unpaired) electrons. The molecule has 0 fully saturated rings. The number of halogens is 1. The number of hydrogen-bond acceptors (Lipinski definition) is 5. The second-order valence-corrected chi connectivity index (χ2v) is 8.27. The number of hydrogen-bond donors (Lipinski definition) is 1. The van der Waals surface area contributed by atoms with E-state index in [4.69, 9.17) is 14.2 Å². The Kier molecular flexibility index (Phi) is 6.61. The predicted octanol–water partition coefficient (Wildman–Crippen LogP) is 5.45. The monoisotopic (exact) mass is 538 g/mol. The highest BCUT2D eigenvalue weighted by atomic mass is 127. The predicted molar refractivity (Wildman–Crippen MR) is 129 cm³/mol. The van der Waals surface area contributed by atoms with Crippen molar-refractivity contribution in [1.29, 1.82) is 5.26 Å². The van der Waals surface area contributed by atoms with Gasteiger partial charge in [0.1, 0.15) is 24.0 Å². The number of nitrogens with one attached hydrogen (secondary N) is 1. The second kappa shape index (κ2) is 9.75. The number of para-hydroxylation sites is 1. The van der Waals surface area contributed by atoms with Gasteiger partial charge in [-0.25, -0.2) is 0 Å². The second-order valence-electron chi connectivity index (χ2n) is 7.11. The zero-order valence-electron chi connectivity index (χ0n) is 17.2. The van der Waals surface area contributed by atoms with E-state index in [1.54, 1.807) is 12.1 Å². The third kappa shape index (κ3) is 5.03. The van der Waals surface area contributed by atoms with E-state index in [1.165, 1.54) is 0 Å². The van der Waals surface area contributed by atoms with Crippen LogP contribution < -0.4 is 19.5 Å². The molecule has 0 saturated carbocycles. The number of nitriles is 1. The molecule has 3 aromatic carbocycles. The minimum atomic E-state index is -0.444. The largest absolute Gasteiger partial charge is 0.488 e. The van der Waals surface area contributed by atoms with Crippen molar-refractivity contribution >= 4 is 40.3 Å². The highest BCUT2D eigenvalue weighted by Gasteiger charge is 2.14. The molecule has 0 unspecified atom stereocenters. The average Bonchev–Trinajstić information content (AvgIpc) is 3.26. The van der Waals surface area contributed by atoms with Crippen molar-refractivity contribution in [2.45, 2.75) is 13.5 Å². The Morgan fingerprint density at radius 1 is 1.16 bits per heavy atom. The Morgan fingerprint density at radius 3 is 2.75 bits per heavy atom. The number of aryl methyl sites for hydroxylation is 1. The van der Waals surface area contributed by atoms with Crippen molar-refractivity contribution < 1.29 is 19.0 Å². The normalized spacial score (nSPS) is 12.2. The highest BCUT2D eigenvalue weighted by Crippen LogP contribution is 2.33. The van der Waals surface area contributed by atoms with Gasteiger partial charge in [0, 0.05) is 5.69 Å². The first-order chi connectivity index (χ1) is 15.5. The van der Waals surface area contributed by atoms with Gasteiger partial charge in [-0.2, -0.15) is 5.26 Å². The van der Waals surface area contributed by atoms with Gasteiger partial charge in [-0.05, 0) is 82.6 Å². The van der Waals surface area contributed by atoms with E-state index >= 15 is 0 Å². The van der Waals surface area contributed by atoms with Gasteiger partial charge in [0.25, 0.3) is 5.91 Å². The van der Waals surface area contributed by atoms with Crippen molar-refractivity contribution in [2.24, 2.45) is 0 Å². The molecule has 0 aliphatic carbocycles. The quantitative estimate of drug-likeness (QED) is 0.257. The number of amides is 1. The van der Waals surface area contributed by atoms with Crippen LogP contribution in [0.4, 0.5) is 5.69 Å². The van der Waals surface area contributed by atoms with Crippen molar-refractivity contribution in [3.05, 3.63) is 86.5 Å². The lowest BCUT2D eigenvalue weighted by molar-refractivity contribution is -0.112. The average molecular weight is 538 g/mol. The molecule has 0 atom stereocenters. The number of fused-ring (bicyclic) bond motifs is 1. The van der Waals surface area contributed by atoms with Crippen LogP contribution in [0.25, 0.3) is 6.08 Å². The van der Waals surface area contributed by atoms with Crippen LogP contribution in [-0.2, 0) is 11.4 Å². The van der Waals surface area contributed by atoms with Crippen molar-refractivity contribution in [3.63, 3.8) is 0 Å². The molecule has 3 aromatic rings. The van der Waals surface area contributed by atoms with Crippen molar-refractivity contribution in [2.75, 3.05) is 12.1 Å². The van der Waals surface area contributed by atoms with E-state index in [1.807, 2.05) is 67.6 Å². The van der Waals surface area contributed by atoms with Crippen LogP contribution in [0.5, 0.6) is 17.2 Å². The van der Waals surface area contributed by atoms with Gasteiger partial charge in [0.2, 0.25) is 6.79 Å². The molecule has 0 aromatic heterocycles. The number of ether oxygens (including phenoxy) is 3. The molecular formula is C25H19IN2O4. The summed E-state index contributed by atoms with van der Waals surface area (Å²) in [6, 6.07) is 20.6. The molecule has 1 aliphatic rings. The summed E-state index contributed by atoms with van der Waals surface area (Å²) in [5.41, 5.74) is 3.34. The first-order valence-electron chi connectivity index (χ1n) is 9.83. The highest BCUT2D eigenvalue weighted by molar-refractivity contribution is 14.1. The lowest BCUT2D eigenvalue weighted by Crippen LogP contribution is -2.14. The fourth-order valence-electron chi connectivity index (χ4n) is 3.13. The Bertz CT molecular complexity index is 1250. The smallest absolute Gasteiger partial charge is 0.266 e. The SMILES string of the molecule is Cc1ccccc1NC(=O)/C(C#N)=C\c1ccc(OCc2ccc3c(c2)OCO3)c(I)c1. The molecule has 160 valence electrons. The maximum Gasteiger partial charge on any atom is 0.266 e. The fraction of sp³-hybridized carbons (Fsp3) is 0.120. The van der Waals surface area contributed by atoms with Gasteiger partial charge in [0.05, 0.1) is 3.57 Å². The van der Waals surface area contributed by atoms with E-state index in [-0.39, 0.29) is 12.4 Å². The Labute approximate surface area is 199 Å². The summed E-state index contributed by atoms with van der Waals surface area (Å²) in [5.74, 6) is 1.72. The first-order valence-corrected chi connectivity index (χ1v) is 10.9. The summed E-state index contributed by atoms with van der Waals surface area (Å²) in [7, 11) is 0. The van der Waals surface area contributed by atoms with E-state index < -0.39 is 5.91 Å². The third-order valence-electron chi connectivity index (χ3n) is 4.86. The van der Waals surface area contributed by atoms with Crippen LogP contribution in [0.2, 0.25) is 0 Å². The zero-order valence-corrected chi connectivity index (χ0v) is 19.4. The van der Waals surface area contributed by atoms with E-state index in [0.29, 0.717) is 23.8 Å². The van der Waals surface area contributed by atoms with E-state index in [2.05, 4.69) is 27.9 Å². The number of benzene rings is 3. The molecule has 0 saturated heterocycles. The maximum atomic E-state index is 12.5. The lowest BCUT2D eigenvalue weighted by atomic mass is 10.1. The standard InChI is InChI=1S/C25H19IN2O4/c1-16-4-2-3-5-21(16)28-25(29)19(13-27)10-17-6-8-22(20(26)11-17)30-14-18-7-9-23-24(12-18)32-15-31-23/h2-12H,14-15H2,1H3,(H,28,29)/b19-10-. The molecule has 4 rings (SSSR count). The number of carbonyl (C=O) groups excluding carboxylic acids is 1. The summed E-state index contributed by atoms with van der Waals surface area (Å²) < 4.78 is 17.5. The summed E-state index contributed by atoms with van der Waals surface area (Å²) in [4.78, 5) is 12.5. The number of carbonyl (C=O) groups is 1. The molecule has 0 spiro atoms. The van der Waals surface area contributed by atoms with Gasteiger partial charge < -0.3 is 19.5 Å². The molecule has 6 nitrogen and oxygen atoms in total. The molecular weight excluding hydrogens is 519 g/mol. The first kappa shape index (κ1) is 21.7. The Morgan fingerprint density at radius 2 is 1.97 bits per heavy atom. The third-order valence-corrected chi connectivity index (χ3v) is 5.70. The number of nitrogens with zero attached hydrogens (tertiary/aromatic N) is 1. The molecule has 1 heterocycles. The fourth-order valence-corrected chi connectivity index (χ4v) is 3.83. The maximum absolute atomic E-state index is 12.5. The molecule has 1 N–H and O–H groups in total. The van der Waals surface area contributed by atoms with Crippen LogP contribution in [0, 0.1) is 21.8 Å². The van der Waals surface area contributed by atoms with Crippen LogP contribution in [-0.4, -0.2) is 12.7 Å². The summed E-state index contributed by atoms with van der Waals surface area (Å²) >= 11 is 2.17. The van der Waals surface area contributed by atoms with Crippen molar-refractivity contribution in [1.82, 2.24) is 0 Å². The van der Waals surface area contributed by atoms with Gasteiger partial charge in [-0.15, -0.1) is 0 Å². The zero-order chi connectivity index (χ0) is 22.5. The van der Waals surface area contributed by atoms with E-state index in [9.17, 15) is 10.1 Å². The van der Waals surface area contributed by atoms with Gasteiger partial charge >= 0.3 is 0 Å². The van der Waals surface area contributed by atoms with Crippen LogP contribution in [0.15, 0.2) is 66.2 Å². The number of anilines is 1. The minimum Gasteiger partial charge on any atom is -0.488 e. The van der Waals surface area contributed by atoms with Gasteiger partial charge in [0.15, 0.2) is 11.5 Å². The molecule has 7 heteroatoms. The van der Waals surface area contributed by atoms with Gasteiger partial charge in [-0.3, -0.25) is 4.79 Å². The molecule has 1 aliphatic heterocycles. The Hall–Kier alpha value is -3.51. The Balaban J connectivity index is 1.44. The molecule has 32 heavy (non-hydrogen) atoms. The lowest BCUT2D eigenvalue weighted by Gasteiger charge is -2.10. The molecule has 1 amide bonds. The van der Waals surface area contributed by atoms with Crippen molar-refractivity contribution in [3.8, 4) is 23.3 Å². The van der Waals surface area contributed by atoms with Crippen LogP contribution >= 0.6 is 22.6 Å². The minimum absolute atomic E-state index is 0.0260. The molecule has 0 bridgehead atoms. The summed E-state index contributed by atoms with van der Waals surface area (Å²) in [5, 5.41) is 12.3. The van der Waals surface area contributed by atoms with Crippen LogP contribution in [0.1, 0.15) is 16.7 Å².